The van der Waals surface area contributed by atoms with Gasteiger partial charge in [0.1, 0.15) is 5.65 Å². The minimum atomic E-state index is -0.198. The molecule has 3 N–H and O–H groups in total. The van der Waals surface area contributed by atoms with Crippen LogP contribution in [-0.2, 0) is 18.3 Å². The van der Waals surface area contributed by atoms with Crippen molar-refractivity contribution in [1.29, 1.82) is 0 Å². The first kappa shape index (κ1) is 17.0. The third-order valence-corrected chi connectivity index (χ3v) is 4.81. The van der Waals surface area contributed by atoms with Gasteiger partial charge in [-0.3, -0.25) is 19.6 Å². The lowest BCUT2D eigenvalue weighted by Crippen LogP contribution is -2.19. The summed E-state index contributed by atoms with van der Waals surface area (Å²) < 4.78 is 1.66. The van der Waals surface area contributed by atoms with Crippen molar-refractivity contribution in [2.75, 3.05) is 5.32 Å². The van der Waals surface area contributed by atoms with Crippen LogP contribution < -0.4 is 10.9 Å². The van der Waals surface area contributed by atoms with Gasteiger partial charge in [-0.15, -0.1) is 0 Å². The molecule has 0 radical (unpaired) electrons. The summed E-state index contributed by atoms with van der Waals surface area (Å²) in [4.78, 5) is 35.0. The van der Waals surface area contributed by atoms with Gasteiger partial charge in [0.2, 0.25) is 11.9 Å². The molecule has 8 nitrogen and oxygen atoms in total. The lowest BCUT2D eigenvalue weighted by molar-refractivity contribution is -0.116. The van der Waals surface area contributed by atoms with Crippen molar-refractivity contribution in [3.8, 4) is 0 Å². The predicted octanol–water partition coefficient (Wildman–Crippen LogP) is 2.33. The average molecular weight is 364 g/mol. The van der Waals surface area contributed by atoms with E-state index in [0.717, 1.165) is 27.7 Å². The van der Waals surface area contributed by atoms with Crippen LogP contribution in [0.25, 0.3) is 22.1 Å². The Balaban J connectivity index is 1.53. The fourth-order valence-corrected chi connectivity index (χ4v) is 3.50. The van der Waals surface area contributed by atoms with Crippen LogP contribution in [0.2, 0.25) is 0 Å². The van der Waals surface area contributed by atoms with Crippen molar-refractivity contribution in [3.05, 3.63) is 51.4 Å². The van der Waals surface area contributed by atoms with Crippen molar-refractivity contribution in [2.24, 2.45) is 7.05 Å². The largest absolute Gasteiger partial charge is 0.324 e. The highest BCUT2D eigenvalue weighted by molar-refractivity contribution is 5.91. The summed E-state index contributed by atoms with van der Waals surface area (Å²) in [6.45, 7) is 3.81. The Morgan fingerprint density at radius 3 is 2.78 bits per heavy atom. The zero-order chi connectivity index (χ0) is 19.1. The quantitative estimate of drug-likeness (QED) is 0.516. The second kappa shape index (κ2) is 6.39. The Morgan fingerprint density at radius 2 is 2.00 bits per heavy atom. The number of aromatic amines is 2. The van der Waals surface area contributed by atoms with Gasteiger partial charge in [-0.05, 0) is 38.0 Å². The number of carbonyl (C=O) groups excluding carboxylic acids is 1. The smallest absolute Gasteiger partial charge is 0.253 e. The first-order chi connectivity index (χ1) is 12.9. The van der Waals surface area contributed by atoms with Gasteiger partial charge in [0, 0.05) is 24.4 Å². The van der Waals surface area contributed by atoms with Gasteiger partial charge in [0.05, 0.1) is 16.7 Å². The van der Waals surface area contributed by atoms with E-state index in [-0.39, 0.29) is 17.9 Å². The number of para-hydroxylation sites is 2. The number of benzene rings is 1. The first-order valence-corrected chi connectivity index (χ1v) is 8.73. The maximum atomic E-state index is 12.5. The number of aryl methyl sites for hydroxylation is 3. The van der Waals surface area contributed by atoms with E-state index in [0.29, 0.717) is 23.6 Å². The number of aromatic nitrogens is 5. The highest BCUT2D eigenvalue weighted by atomic mass is 16.1. The van der Waals surface area contributed by atoms with Crippen LogP contribution in [0.15, 0.2) is 29.1 Å². The van der Waals surface area contributed by atoms with Crippen LogP contribution in [0, 0.1) is 13.8 Å². The summed E-state index contributed by atoms with van der Waals surface area (Å²) in [5.74, 6) is 0.209. The summed E-state index contributed by atoms with van der Waals surface area (Å²) in [5, 5.41) is 8.05. The van der Waals surface area contributed by atoms with Crippen molar-refractivity contribution < 1.29 is 4.79 Å². The minimum absolute atomic E-state index is 0.181. The molecule has 138 valence electrons. The monoisotopic (exact) mass is 364 g/mol. The van der Waals surface area contributed by atoms with E-state index >= 15 is 0 Å². The molecule has 27 heavy (non-hydrogen) atoms. The molecule has 0 spiro atoms. The van der Waals surface area contributed by atoms with Crippen LogP contribution in [0.3, 0.4) is 0 Å². The number of imidazole rings is 1. The summed E-state index contributed by atoms with van der Waals surface area (Å²) in [6.07, 6.45) is 0.531. The molecule has 8 heteroatoms. The Morgan fingerprint density at radius 1 is 1.22 bits per heavy atom. The maximum absolute atomic E-state index is 12.5. The number of pyridine rings is 1. The summed E-state index contributed by atoms with van der Waals surface area (Å²) in [7, 11) is 1.80. The Labute approximate surface area is 154 Å². The van der Waals surface area contributed by atoms with E-state index in [2.05, 4.69) is 25.4 Å². The number of H-pyrrole nitrogens is 2. The third-order valence-electron chi connectivity index (χ3n) is 4.81. The molecule has 0 aliphatic rings. The van der Waals surface area contributed by atoms with Gasteiger partial charge in [-0.1, -0.05) is 12.1 Å². The molecule has 0 unspecified atom stereocenters. The van der Waals surface area contributed by atoms with Crippen LogP contribution in [0.4, 0.5) is 5.95 Å². The number of rotatable bonds is 4. The molecular formula is C19H20N6O2. The van der Waals surface area contributed by atoms with Crippen molar-refractivity contribution >= 4 is 33.9 Å². The summed E-state index contributed by atoms with van der Waals surface area (Å²) >= 11 is 0. The maximum Gasteiger partial charge on any atom is 0.253 e. The Kier molecular flexibility index (Phi) is 4.02. The standard InChI is InChI=1S/C19H20N6O2/c1-10-12(18(27)23-17-16(10)11(2)24-25(17)3)8-9-15(26)22-19-20-13-6-4-5-7-14(13)21-19/h4-7H,8-9H2,1-3H3,(H,23,27)(H2,20,21,22,26). The number of fused-ring (bicyclic) bond motifs is 2. The molecule has 0 aliphatic heterocycles. The van der Waals surface area contributed by atoms with Crippen LogP contribution in [-0.4, -0.2) is 30.6 Å². The van der Waals surface area contributed by atoms with E-state index in [1.54, 1.807) is 11.7 Å². The Hall–Kier alpha value is -3.42. The molecule has 0 bridgehead atoms. The highest BCUT2D eigenvalue weighted by Crippen LogP contribution is 2.21. The molecule has 1 aromatic carbocycles. The number of hydrogen-bond acceptors (Lipinski definition) is 4. The fourth-order valence-electron chi connectivity index (χ4n) is 3.50. The molecule has 4 aromatic rings. The van der Waals surface area contributed by atoms with Gasteiger partial charge in [0.25, 0.3) is 5.56 Å². The molecule has 4 rings (SSSR count). The van der Waals surface area contributed by atoms with E-state index < -0.39 is 0 Å². The normalized spacial score (nSPS) is 11.4. The molecule has 0 aliphatic carbocycles. The zero-order valence-electron chi connectivity index (χ0n) is 15.4. The van der Waals surface area contributed by atoms with E-state index in [1.165, 1.54) is 0 Å². The summed E-state index contributed by atoms with van der Waals surface area (Å²) in [5.41, 5.74) is 4.50. The van der Waals surface area contributed by atoms with E-state index in [9.17, 15) is 9.59 Å². The number of nitrogens with one attached hydrogen (secondary N) is 3. The minimum Gasteiger partial charge on any atom is -0.324 e. The van der Waals surface area contributed by atoms with Crippen LogP contribution in [0.1, 0.15) is 23.2 Å². The van der Waals surface area contributed by atoms with Gasteiger partial charge in [-0.2, -0.15) is 5.10 Å². The van der Waals surface area contributed by atoms with E-state index in [1.807, 2.05) is 38.1 Å². The molecule has 0 saturated carbocycles. The van der Waals surface area contributed by atoms with E-state index in [4.69, 9.17) is 0 Å². The fraction of sp³-hybridized carbons (Fsp3) is 0.263. The first-order valence-electron chi connectivity index (χ1n) is 8.73. The topological polar surface area (TPSA) is 108 Å². The molecular weight excluding hydrogens is 344 g/mol. The van der Waals surface area contributed by atoms with Crippen LogP contribution in [0.5, 0.6) is 0 Å². The number of anilines is 1. The zero-order valence-corrected chi connectivity index (χ0v) is 15.4. The van der Waals surface area contributed by atoms with Gasteiger partial charge >= 0.3 is 0 Å². The van der Waals surface area contributed by atoms with Gasteiger partial charge in [0.15, 0.2) is 0 Å². The second-order valence-electron chi connectivity index (χ2n) is 6.64. The molecule has 0 saturated heterocycles. The van der Waals surface area contributed by atoms with Gasteiger partial charge < -0.3 is 9.97 Å². The highest BCUT2D eigenvalue weighted by Gasteiger charge is 2.16. The van der Waals surface area contributed by atoms with Crippen molar-refractivity contribution in [2.45, 2.75) is 26.7 Å². The third kappa shape index (κ3) is 2.99. The molecule has 3 aromatic heterocycles. The molecule has 3 heterocycles. The van der Waals surface area contributed by atoms with Crippen molar-refractivity contribution in [3.63, 3.8) is 0 Å². The number of nitrogens with zero attached hydrogens (tertiary/aromatic N) is 3. The SMILES string of the molecule is Cc1nn(C)c2[nH]c(=O)c(CCC(=O)Nc3nc4ccccc4[nH]3)c(C)c12. The summed E-state index contributed by atoms with van der Waals surface area (Å²) in [6, 6.07) is 7.56. The molecule has 0 fully saturated rings. The lowest BCUT2D eigenvalue weighted by Gasteiger charge is -2.07. The second-order valence-corrected chi connectivity index (χ2v) is 6.64. The van der Waals surface area contributed by atoms with Gasteiger partial charge in [-0.25, -0.2) is 4.98 Å². The predicted molar refractivity (Wildman–Crippen MR) is 104 cm³/mol. The van der Waals surface area contributed by atoms with Crippen molar-refractivity contribution in [1.82, 2.24) is 24.7 Å². The molecule has 1 amide bonds. The number of amides is 1. The molecule has 0 atom stereocenters. The lowest BCUT2D eigenvalue weighted by atomic mass is 10.0. The Bertz CT molecular complexity index is 1200. The number of carbonyl (C=O) groups is 1. The van der Waals surface area contributed by atoms with Crippen LogP contribution >= 0.6 is 0 Å². The average Bonchev–Trinajstić information content (AvgIpc) is 3.14. The number of hydrogen-bond donors (Lipinski definition) is 3.